The van der Waals surface area contributed by atoms with Crippen LogP contribution in [0.2, 0.25) is 0 Å². The Bertz CT molecular complexity index is 182. The highest BCUT2D eigenvalue weighted by molar-refractivity contribution is 6.03. The van der Waals surface area contributed by atoms with Crippen molar-refractivity contribution in [2.45, 2.75) is 0 Å². The zero-order chi connectivity index (χ0) is 6.15. The van der Waals surface area contributed by atoms with Crippen molar-refractivity contribution >= 4 is 18.5 Å². The lowest BCUT2D eigenvalue weighted by Gasteiger charge is -1.75. The zero-order valence-corrected chi connectivity index (χ0v) is 4.13. The number of hydrogen-bond acceptors (Lipinski definition) is 2. The summed E-state index contributed by atoms with van der Waals surface area (Å²) in [4.78, 5) is 20.7. The van der Waals surface area contributed by atoms with Crippen LogP contribution in [0.25, 0.3) is 0 Å². The Labute approximate surface area is 45.9 Å². The lowest BCUT2D eigenvalue weighted by Crippen LogP contribution is -2.15. The topological polar surface area (TPSA) is 37.1 Å². The average molecular weight is 110 g/mol. The SMILES string of the molecule is C=[N+]1C(=O)C=CC1=O. The van der Waals surface area contributed by atoms with Gasteiger partial charge in [0.2, 0.25) is 0 Å². The van der Waals surface area contributed by atoms with Gasteiger partial charge in [-0.2, -0.15) is 0 Å². The van der Waals surface area contributed by atoms with Crippen LogP contribution in [0.1, 0.15) is 0 Å². The van der Waals surface area contributed by atoms with E-state index in [1.807, 2.05) is 0 Å². The van der Waals surface area contributed by atoms with Gasteiger partial charge in [0, 0.05) is 0 Å². The molecule has 2 amide bonds. The van der Waals surface area contributed by atoms with Gasteiger partial charge in [0.15, 0.2) is 0 Å². The van der Waals surface area contributed by atoms with Crippen LogP contribution in [0.3, 0.4) is 0 Å². The van der Waals surface area contributed by atoms with Crippen molar-refractivity contribution in [2.24, 2.45) is 0 Å². The smallest absolute Gasteiger partial charge is 0.214 e. The van der Waals surface area contributed by atoms with Gasteiger partial charge in [-0.05, 0) is 0 Å². The van der Waals surface area contributed by atoms with E-state index in [9.17, 15) is 9.59 Å². The lowest BCUT2D eigenvalue weighted by molar-refractivity contribution is -0.361. The molecular weight excluding hydrogens is 106 g/mol. The second-order valence-corrected chi connectivity index (χ2v) is 1.44. The number of imide groups is 1. The molecule has 0 spiro atoms. The van der Waals surface area contributed by atoms with Crippen molar-refractivity contribution in [3.8, 4) is 0 Å². The van der Waals surface area contributed by atoms with Crippen LogP contribution in [-0.4, -0.2) is 23.1 Å². The summed E-state index contributed by atoms with van der Waals surface area (Å²) in [5, 5.41) is 0. The first-order valence-electron chi connectivity index (χ1n) is 2.08. The molecule has 0 saturated carbocycles. The van der Waals surface area contributed by atoms with Gasteiger partial charge in [0.05, 0.1) is 12.2 Å². The Hall–Kier alpha value is -1.25. The highest BCUT2D eigenvalue weighted by atomic mass is 16.2. The first-order chi connectivity index (χ1) is 3.72. The fourth-order valence-electron chi connectivity index (χ4n) is 0.431. The van der Waals surface area contributed by atoms with E-state index in [-0.39, 0.29) is 11.8 Å². The zero-order valence-electron chi connectivity index (χ0n) is 4.13. The molecule has 1 aliphatic rings. The molecule has 0 atom stereocenters. The number of amides is 2. The van der Waals surface area contributed by atoms with E-state index < -0.39 is 0 Å². The van der Waals surface area contributed by atoms with Crippen LogP contribution in [0.5, 0.6) is 0 Å². The predicted molar refractivity (Wildman–Crippen MR) is 26.5 cm³/mol. The van der Waals surface area contributed by atoms with Gasteiger partial charge in [-0.1, -0.05) is 4.58 Å². The van der Waals surface area contributed by atoms with E-state index in [4.69, 9.17) is 0 Å². The van der Waals surface area contributed by atoms with Crippen molar-refractivity contribution in [1.82, 2.24) is 0 Å². The van der Waals surface area contributed by atoms with Gasteiger partial charge in [-0.3, -0.25) is 0 Å². The molecule has 0 aromatic carbocycles. The molecule has 0 bridgehead atoms. The molecule has 0 saturated heterocycles. The third kappa shape index (κ3) is 0.484. The quantitative estimate of drug-likeness (QED) is 0.306. The van der Waals surface area contributed by atoms with Crippen LogP contribution in [-0.2, 0) is 9.59 Å². The highest BCUT2D eigenvalue weighted by Gasteiger charge is 2.25. The molecule has 0 radical (unpaired) electrons. The number of hydrogen-bond donors (Lipinski definition) is 0. The summed E-state index contributed by atoms with van der Waals surface area (Å²) >= 11 is 0. The molecule has 8 heavy (non-hydrogen) atoms. The number of nitrogens with zero attached hydrogens (tertiary/aromatic N) is 1. The molecular formula is C5H4NO2+. The standard InChI is InChI=1S/C5H4NO2/c1-6-4(7)2-3-5(6)8/h2-3H,1H2/q+1. The monoisotopic (exact) mass is 110 g/mol. The predicted octanol–water partition coefficient (Wildman–Crippen LogP) is -0.677. The fourth-order valence-corrected chi connectivity index (χ4v) is 0.431. The number of carbonyl (C=O) groups excluding carboxylic acids is 2. The molecule has 0 N–H and O–H groups in total. The van der Waals surface area contributed by atoms with E-state index in [1.165, 1.54) is 12.2 Å². The van der Waals surface area contributed by atoms with E-state index >= 15 is 0 Å². The molecule has 40 valence electrons. The average Bonchev–Trinajstić information content (AvgIpc) is 1.98. The van der Waals surface area contributed by atoms with Gasteiger partial charge in [0.25, 0.3) is 0 Å². The molecule has 0 aliphatic carbocycles. The molecule has 0 aromatic heterocycles. The third-order valence-corrected chi connectivity index (χ3v) is 0.901. The van der Waals surface area contributed by atoms with Crippen molar-refractivity contribution in [3.05, 3.63) is 12.2 Å². The molecule has 0 fully saturated rings. The molecule has 3 nitrogen and oxygen atoms in total. The van der Waals surface area contributed by atoms with Crippen LogP contribution in [0.15, 0.2) is 12.2 Å². The number of carbonyl (C=O) groups is 2. The fraction of sp³-hybridized carbons (Fsp3) is 0. The van der Waals surface area contributed by atoms with Gasteiger partial charge in [0.1, 0.15) is 6.72 Å². The summed E-state index contributed by atoms with van der Waals surface area (Å²) in [5.74, 6) is -0.704. The van der Waals surface area contributed by atoms with Crippen LogP contribution in [0, 0.1) is 0 Å². The summed E-state index contributed by atoms with van der Waals surface area (Å²) in [7, 11) is 0. The Morgan fingerprint density at radius 2 is 1.62 bits per heavy atom. The molecule has 1 heterocycles. The highest BCUT2D eigenvalue weighted by Crippen LogP contribution is 1.91. The molecule has 0 aromatic rings. The third-order valence-electron chi connectivity index (χ3n) is 0.901. The van der Waals surface area contributed by atoms with Gasteiger partial charge in [-0.15, -0.1) is 0 Å². The van der Waals surface area contributed by atoms with Crippen molar-refractivity contribution in [1.29, 1.82) is 0 Å². The summed E-state index contributed by atoms with van der Waals surface area (Å²) < 4.78 is 0.806. The van der Waals surface area contributed by atoms with Crippen LogP contribution < -0.4 is 0 Å². The van der Waals surface area contributed by atoms with Crippen LogP contribution >= 0.6 is 0 Å². The van der Waals surface area contributed by atoms with Gasteiger partial charge >= 0.3 is 11.8 Å². The van der Waals surface area contributed by atoms with Crippen LogP contribution in [0.4, 0.5) is 0 Å². The second kappa shape index (κ2) is 1.36. The summed E-state index contributed by atoms with van der Waals surface area (Å²) in [5.41, 5.74) is 0. The largest absolute Gasteiger partial charge is 0.420 e. The molecule has 1 aliphatic heterocycles. The summed E-state index contributed by atoms with van der Waals surface area (Å²) in [6.45, 7) is 3.17. The van der Waals surface area contributed by atoms with E-state index in [1.54, 1.807) is 0 Å². The van der Waals surface area contributed by atoms with Gasteiger partial charge in [-0.25, -0.2) is 9.59 Å². The molecule has 1 rings (SSSR count). The Morgan fingerprint density at radius 3 is 1.75 bits per heavy atom. The Morgan fingerprint density at radius 1 is 1.25 bits per heavy atom. The normalized spacial score (nSPS) is 18.2. The maximum absolute atomic E-state index is 10.3. The molecule has 0 unspecified atom stereocenters. The van der Waals surface area contributed by atoms with Crippen molar-refractivity contribution in [3.63, 3.8) is 0 Å². The second-order valence-electron chi connectivity index (χ2n) is 1.44. The molecule has 3 heteroatoms. The first kappa shape index (κ1) is 4.90. The Kier molecular flexibility index (Phi) is 0.836. The van der Waals surface area contributed by atoms with E-state index in [0.29, 0.717) is 0 Å². The minimum atomic E-state index is -0.352. The maximum Gasteiger partial charge on any atom is 0.420 e. The summed E-state index contributed by atoms with van der Waals surface area (Å²) in [6.07, 6.45) is 2.38. The minimum absolute atomic E-state index is 0.352. The number of rotatable bonds is 0. The first-order valence-corrected chi connectivity index (χ1v) is 2.08. The maximum atomic E-state index is 10.3. The minimum Gasteiger partial charge on any atom is -0.214 e. The van der Waals surface area contributed by atoms with Crippen molar-refractivity contribution in [2.75, 3.05) is 0 Å². The van der Waals surface area contributed by atoms with E-state index in [0.717, 1.165) is 4.58 Å². The Balaban J connectivity index is 3.02. The van der Waals surface area contributed by atoms with E-state index in [2.05, 4.69) is 6.72 Å². The lowest BCUT2D eigenvalue weighted by atomic mass is 10.6. The van der Waals surface area contributed by atoms with Crippen molar-refractivity contribution < 1.29 is 14.2 Å². The summed E-state index contributed by atoms with van der Waals surface area (Å²) in [6, 6.07) is 0. The van der Waals surface area contributed by atoms with Gasteiger partial charge < -0.3 is 0 Å².